The molecule has 1 aliphatic rings. The fourth-order valence-corrected chi connectivity index (χ4v) is 2.49. The summed E-state index contributed by atoms with van der Waals surface area (Å²) in [5, 5.41) is 0. The molecule has 1 atom stereocenters. The minimum Gasteiger partial charge on any atom is -0.440 e. The Balaban J connectivity index is 2.49. The van der Waals surface area contributed by atoms with E-state index in [0.717, 1.165) is 5.56 Å². The van der Waals surface area contributed by atoms with E-state index in [0.29, 0.717) is 0 Å². The van der Waals surface area contributed by atoms with Crippen LogP contribution in [0.15, 0.2) is 30.3 Å². The zero-order chi connectivity index (χ0) is 15.1. The maximum atomic E-state index is 12.6. The van der Waals surface area contributed by atoms with Crippen molar-refractivity contribution >= 4 is 12.0 Å². The second-order valence-corrected chi connectivity index (χ2v) is 6.71. The molecule has 1 aromatic carbocycles. The van der Waals surface area contributed by atoms with Gasteiger partial charge in [-0.25, -0.2) is 9.69 Å². The quantitative estimate of drug-likeness (QED) is 0.787. The van der Waals surface area contributed by atoms with Crippen LogP contribution in [0, 0.1) is 5.41 Å². The van der Waals surface area contributed by atoms with Crippen LogP contribution in [0.5, 0.6) is 0 Å². The summed E-state index contributed by atoms with van der Waals surface area (Å²) in [5.74, 6) is -0.220. The average molecular weight is 275 g/mol. The molecule has 1 saturated heterocycles. The van der Waals surface area contributed by atoms with E-state index in [1.54, 1.807) is 20.8 Å². The molecule has 1 heterocycles. The van der Waals surface area contributed by atoms with Gasteiger partial charge in [-0.2, -0.15) is 0 Å². The van der Waals surface area contributed by atoms with Crippen molar-refractivity contribution in [3.05, 3.63) is 35.9 Å². The van der Waals surface area contributed by atoms with Crippen LogP contribution in [0.2, 0.25) is 0 Å². The number of imide groups is 1. The van der Waals surface area contributed by atoms with Gasteiger partial charge in [-0.05, 0) is 19.4 Å². The zero-order valence-corrected chi connectivity index (χ0v) is 12.6. The first-order valence-electron chi connectivity index (χ1n) is 6.76. The smallest absolute Gasteiger partial charge is 0.417 e. The number of hydrogen-bond donors (Lipinski definition) is 0. The molecule has 0 bridgehead atoms. The monoisotopic (exact) mass is 275 g/mol. The van der Waals surface area contributed by atoms with Gasteiger partial charge in [0.2, 0.25) is 5.91 Å². The average Bonchev–Trinajstić information content (AvgIpc) is 2.57. The van der Waals surface area contributed by atoms with Gasteiger partial charge in [0.15, 0.2) is 0 Å². The summed E-state index contributed by atoms with van der Waals surface area (Å²) in [7, 11) is 0. The molecule has 0 N–H and O–H groups in total. The molecule has 0 aromatic heterocycles. The number of amides is 2. The highest BCUT2D eigenvalue weighted by molar-refractivity contribution is 5.96. The van der Waals surface area contributed by atoms with Gasteiger partial charge in [0.25, 0.3) is 0 Å². The summed E-state index contributed by atoms with van der Waals surface area (Å²) in [4.78, 5) is 26.0. The molecule has 1 aliphatic heterocycles. The lowest BCUT2D eigenvalue weighted by atomic mass is 9.88. The SMILES string of the molecule is CC(C)(C)C(=O)N1C(=O)OC(C)(C)[C@H]1c1ccccc1. The molecular weight excluding hydrogens is 254 g/mol. The van der Waals surface area contributed by atoms with Gasteiger partial charge in [0.05, 0.1) is 0 Å². The van der Waals surface area contributed by atoms with E-state index in [1.165, 1.54) is 4.90 Å². The van der Waals surface area contributed by atoms with Crippen LogP contribution in [-0.2, 0) is 9.53 Å². The molecule has 20 heavy (non-hydrogen) atoms. The lowest BCUT2D eigenvalue weighted by Gasteiger charge is -2.31. The van der Waals surface area contributed by atoms with E-state index in [2.05, 4.69) is 0 Å². The largest absolute Gasteiger partial charge is 0.440 e. The third kappa shape index (κ3) is 2.42. The maximum absolute atomic E-state index is 12.6. The van der Waals surface area contributed by atoms with E-state index in [9.17, 15) is 9.59 Å². The second-order valence-electron chi connectivity index (χ2n) is 6.71. The normalized spacial score (nSPS) is 21.8. The predicted molar refractivity (Wildman–Crippen MR) is 76.0 cm³/mol. The number of benzene rings is 1. The Kier molecular flexibility index (Phi) is 3.36. The molecular formula is C16H21NO3. The maximum Gasteiger partial charge on any atom is 0.417 e. The van der Waals surface area contributed by atoms with Crippen LogP contribution in [0.3, 0.4) is 0 Å². The van der Waals surface area contributed by atoms with Crippen molar-refractivity contribution in [1.29, 1.82) is 0 Å². The van der Waals surface area contributed by atoms with Crippen molar-refractivity contribution in [3.63, 3.8) is 0 Å². The van der Waals surface area contributed by atoms with Crippen LogP contribution < -0.4 is 0 Å². The van der Waals surface area contributed by atoms with Crippen molar-refractivity contribution in [3.8, 4) is 0 Å². The summed E-state index contributed by atoms with van der Waals surface area (Å²) in [6.45, 7) is 9.07. The van der Waals surface area contributed by atoms with E-state index >= 15 is 0 Å². The number of rotatable bonds is 1. The third-order valence-corrected chi connectivity index (χ3v) is 3.44. The zero-order valence-electron chi connectivity index (χ0n) is 12.6. The van der Waals surface area contributed by atoms with E-state index < -0.39 is 23.2 Å². The van der Waals surface area contributed by atoms with Gasteiger partial charge >= 0.3 is 6.09 Å². The molecule has 2 rings (SSSR count). The first kappa shape index (κ1) is 14.6. The molecule has 0 radical (unpaired) electrons. The van der Waals surface area contributed by atoms with E-state index in [-0.39, 0.29) is 5.91 Å². The van der Waals surface area contributed by atoms with Gasteiger partial charge in [-0.3, -0.25) is 4.79 Å². The van der Waals surface area contributed by atoms with Crippen LogP contribution in [0.1, 0.15) is 46.2 Å². The molecule has 2 amide bonds. The summed E-state index contributed by atoms with van der Waals surface area (Å²) in [5.41, 5.74) is -0.466. The highest BCUT2D eigenvalue weighted by Gasteiger charge is 2.53. The van der Waals surface area contributed by atoms with Gasteiger partial charge in [-0.1, -0.05) is 51.1 Å². The number of carbonyl (C=O) groups is 2. The third-order valence-electron chi connectivity index (χ3n) is 3.44. The molecule has 0 aliphatic carbocycles. The first-order valence-corrected chi connectivity index (χ1v) is 6.76. The van der Waals surface area contributed by atoms with E-state index in [4.69, 9.17) is 4.74 Å². The summed E-state index contributed by atoms with van der Waals surface area (Å²) < 4.78 is 5.41. The molecule has 4 heteroatoms. The summed E-state index contributed by atoms with van der Waals surface area (Å²) >= 11 is 0. The standard InChI is InChI=1S/C16H21NO3/c1-15(2,3)13(18)17-12(11-9-7-6-8-10-11)16(4,5)20-14(17)19/h6-10,12H,1-5H3/t12-/m1/s1. The summed E-state index contributed by atoms with van der Waals surface area (Å²) in [6, 6.07) is 9.13. The van der Waals surface area contributed by atoms with Crippen LogP contribution in [0.25, 0.3) is 0 Å². The highest BCUT2D eigenvalue weighted by atomic mass is 16.6. The van der Waals surface area contributed by atoms with Crippen molar-refractivity contribution in [2.75, 3.05) is 0 Å². The molecule has 1 aromatic rings. The molecule has 1 fully saturated rings. The Morgan fingerprint density at radius 1 is 1.20 bits per heavy atom. The number of carbonyl (C=O) groups excluding carboxylic acids is 2. The number of cyclic esters (lactones) is 1. The van der Waals surface area contributed by atoms with Gasteiger partial charge in [0.1, 0.15) is 11.6 Å². The van der Waals surface area contributed by atoms with Gasteiger partial charge < -0.3 is 4.74 Å². The van der Waals surface area contributed by atoms with Crippen molar-refractivity contribution in [1.82, 2.24) is 4.90 Å². The minimum absolute atomic E-state index is 0.220. The lowest BCUT2D eigenvalue weighted by Crippen LogP contribution is -2.43. The Morgan fingerprint density at radius 3 is 2.25 bits per heavy atom. The van der Waals surface area contributed by atoms with E-state index in [1.807, 2.05) is 44.2 Å². The Labute approximate surface area is 119 Å². The second kappa shape index (κ2) is 4.62. The lowest BCUT2D eigenvalue weighted by molar-refractivity contribution is -0.137. The Hall–Kier alpha value is -1.84. The number of nitrogens with zero attached hydrogens (tertiary/aromatic N) is 1. The first-order chi connectivity index (χ1) is 9.14. The Morgan fingerprint density at radius 2 is 1.75 bits per heavy atom. The fourth-order valence-electron chi connectivity index (χ4n) is 2.49. The molecule has 4 nitrogen and oxygen atoms in total. The van der Waals surface area contributed by atoms with Crippen LogP contribution in [0.4, 0.5) is 4.79 Å². The van der Waals surface area contributed by atoms with Crippen molar-refractivity contribution in [2.45, 2.75) is 46.3 Å². The van der Waals surface area contributed by atoms with Gasteiger partial charge in [-0.15, -0.1) is 0 Å². The fraction of sp³-hybridized carbons (Fsp3) is 0.500. The Bertz CT molecular complexity index is 528. The predicted octanol–water partition coefficient (Wildman–Crippen LogP) is 3.53. The minimum atomic E-state index is -0.737. The molecule has 0 unspecified atom stereocenters. The molecule has 0 saturated carbocycles. The number of ether oxygens (including phenoxy) is 1. The van der Waals surface area contributed by atoms with Gasteiger partial charge in [0, 0.05) is 5.41 Å². The highest BCUT2D eigenvalue weighted by Crippen LogP contribution is 2.42. The topological polar surface area (TPSA) is 46.6 Å². The molecule has 108 valence electrons. The van der Waals surface area contributed by atoms with Crippen molar-refractivity contribution in [2.24, 2.45) is 5.41 Å². The van der Waals surface area contributed by atoms with Crippen LogP contribution in [-0.4, -0.2) is 22.5 Å². The molecule has 0 spiro atoms. The summed E-state index contributed by atoms with van der Waals surface area (Å²) in [6.07, 6.45) is -0.566. The van der Waals surface area contributed by atoms with Crippen LogP contribution >= 0.6 is 0 Å². The number of hydrogen-bond acceptors (Lipinski definition) is 3. The van der Waals surface area contributed by atoms with Crippen molar-refractivity contribution < 1.29 is 14.3 Å².